The minimum absolute atomic E-state index is 0.0782. The van der Waals surface area contributed by atoms with Crippen molar-refractivity contribution in [1.82, 2.24) is 9.88 Å². The van der Waals surface area contributed by atoms with E-state index in [1.165, 1.54) is 12.1 Å². The summed E-state index contributed by atoms with van der Waals surface area (Å²) in [5.74, 6) is 0.870. The minimum atomic E-state index is -0.294. The second kappa shape index (κ2) is 6.27. The maximum Gasteiger partial charge on any atom is 0.223 e. The quantitative estimate of drug-likeness (QED) is 0.937. The van der Waals surface area contributed by atoms with Gasteiger partial charge in [0.25, 0.3) is 0 Å². The molecule has 1 saturated heterocycles. The standard InChI is InChI=1S/C16H18FN3O2/c17-12-3-1-11(2-4-12)14-9-19-15(22-14)5-6-16(21)20-8-7-13(18)10-20/h1-4,9,13H,5-8,10,18H2/t13-/m1/s1. The van der Waals surface area contributed by atoms with Crippen LogP contribution in [-0.4, -0.2) is 34.9 Å². The molecule has 1 amide bonds. The maximum absolute atomic E-state index is 12.9. The largest absolute Gasteiger partial charge is 0.441 e. The highest BCUT2D eigenvalue weighted by atomic mass is 19.1. The average molecular weight is 303 g/mol. The van der Waals surface area contributed by atoms with Gasteiger partial charge in [0.05, 0.1) is 6.20 Å². The average Bonchev–Trinajstić information content (AvgIpc) is 3.15. The summed E-state index contributed by atoms with van der Waals surface area (Å²) < 4.78 is 18.5. The van der Waals surface area contributed by atoms with Crippen molar-refractivity contribution in [2.75, 3.05) is 13.1 Å². The van der Waals surface area contributed by atoms with Crippen molar-refractivity contribution in [3.05, 3.63) is 42.2 Å². The van der Waals surface area contributed by atoms with Crippen LogP contribution in [0.5, 0.6) is 0 Å². The zero-order valence-corrected chi connectivity index (χ0v) is 12.2. The zero-order valence-electron chi connectivity index (χ0n) is 12.2. The molecule has 1 aliphatic rings. The van der Waals surface area contributed by atoms with Crippen molar-refractivity contribution < 1.29 is 13.6 Å². The number of halogens is 1. The van der Waals surface area contributed by atoms with Crippen molar-refractivity contribution in [1.29, 1.82) is 0 Å². The van der Waals surface area contributed by atoms with E-state index in [1.54, 1.807) is 23.2 Å². The van der Waals surface area contributed by atoms with Crippen molar-refractivity contribution in [2.45, 2.75) is 25.3 Å². The van der Waals surface area contributed by atoms with Gasteiger partial charge in [0.1, 0.15) is 5.82 Å². The monoisotopic (exact) mass is 303 g/mol. The molecule has 116 valence electrons. The van der Waals surface area contributed by atoms with E-state index in [2.05, 4.69) is 4.98 Å². The number of carbonyl (C=O) groups excluding carboxylic acids is 1. The fourth-order valence-corrected chi connectivity index (χ4v) is 2.56. The Hall–Kier alpha value is -2.21. The van der Waals surface area contributed by atoms with Crippen molar-refractivity contribution >= 4 is 5.91 Å². The molecule has 6 heteroatoms. The number of aromatic nitrogens is 1. The molecular weight excluding hydrogens is 285 g/mol. The third-order valence-electron chi connectivity index (χ3n) is 3.81. The van der Waals surface area contributed by atoms with E-state index in [-0.39, 0.29) is 17.8 Å². The molecule has 1 aromatic heterocycles. The van der Waals surface area contributed by atoms with E-state index in [4.69, 9.17) is 10.2 Å². The van der Waals surface area contributed by atoms with Crippen molar-refractivity contribution in [2.24, 2.45) is 5.73 Å². The van der Waals surface area contributed by atoms with Gasteiger partial charge in [-0.05, 0) is 30.7 Å². The second-order valence-electron chi connectivity index (χ2n) is 5.51. The van der Waals surface area contributed by atoms with E-state index in [0.717, 1.165) is 18.5 Å². The summed E-state index contributed by atoms with van der Waals surface area (Å²) in [5, 5.41) is 0. The molecule has 1 aromatic carbocycles. The summed E-state index contributed by atoms with van der Waals surface area (Å²) in [6, 6.07) is 6.11. The third-order valence-corrected chi connectivity index (χ3v) is 3.81. The number of aryl methyl sites for hydroxylation is 1. The maximum atomic E-state index is 12.9. The lowest BCUT2D eigenvalue weighted by molar-refractivity contribution is -0.130. The number of hydrogen-bond donors (Lipinski definition) is 1. The molecule has 0 radical (unpaired) electrons. The molecule has 2 aromatic rings. The Morgan fingerprint density at radius 3 is 2.86 bits per heavy atom. The highest BCUT2D eigenvalue weighted by molar-refractivity contribution is 5.76. The Balaban J connectivity index is 1.58. The summed E-state index contributed by atoms with van der Waals surface area (Å²) in [4.78, 5) is 18.0. The van der Waals surface area contributed by atoms with Crippen LogP contribution < -0.4 is 5.73 Å². The minimum Gasteiger partial charge on any atom is -0.441 e. The first-order valence-corrected chi connectivity index (χ1v) is 7.36. The van der Waals surface area contributed by atoms with Gasteiger partial charge >= 0.3 is 0 Å². The second-order valence-corrected chi connectivity index (χ2v) is 5.51. The van der Waals surface area contributed by atoms with Crippen LogP contribution in [0.25, 0.3) is 11.3 Å². The predicted octanol–water partition coefficient (Wildman–Crippen LogP) is 1.97. The number of nitrogens with zero attached hydrogens (tertiary/aromatic N) is 2. The van der Waals surface area contributed by atoms with Crippen molar-refractivity contribution in [3.8, 4) is 11.3 Å². The number of oxazole rings is 1. The lowest BCUT2D eigenvalue weighted by atomic mass is 10.2. The molecule has 0 unspecified atom stereocenters. The SMILES string of the molecule is N[C@@H]1CCN(C(=O)CCc2ncc(-c3ccc(F)cc3)o2)C1. The molecule has 3 rings (SSSR count). The highest BCUT2D eigenvalue weighted by Crippen LogP contribution is 2.21. The lowest BCUT2D eigenvalue weighted by Crippen LogP contribution is -2.31. The van der Waals surface area contributed by atoms with Crippen LogP contribution in [0.2, 0.25) is 0 Å². The smallest absolute Gasteiger partial charge is 0.223 e. The number of carbonyl (C=O) groups is 1. The van der Waals surface area contributed by atoms with E-state index in [9.17, 15) is 9.18 Å². The molecule has 0 aliphatic carbocycles. The highest BCUT2D eigenvalue weighted by Gasteiger charge is 2.23. The fourth-order valence-electron chi connectivity index (χ4n) is 2.56. The van der Waals surface area contributed by atoms with Crippen LogP contribution >= 0.6 is 0 Å². The number of likely N-dealkylation sites (tertiary alicyclic amines) is 1. The molecule has 1 fully saturated rings. The molecule has 0 saturated carbocycles. The Labute approximate surface area is 127 Å². The molecule has 2 N–H and O–H groups in total. The number of nitrogens with two attached hydrogens (primary N) is 1. The molecule has 0 spiro atoms. The van der Waals surface area contributed by atoms with Gasteiger partial charge in [0, 0.05) is 37.5 Å². The van der Waals surface area contributed by atoms with Crippen LogP contribution in [0.1, 0.15) is 18.7 Å². The summed E-state index contributed by atoms with van der Waals surface area (Å²) in [7, 11) is 0. The zero-order chi connectivity index (χ0) is 15.5. The molecule has 1 atom stereocenters. The first-order chi connectivity index (χ1) is 10.6. The first-order valence-electron chi connectivity index (χ1n) is 7.36. The molecule has 1 aliphatic heterocycles. The van der Waals surface area contributed by atoms with Gasteiger partial charge in [-0.15, -0.1) is 0 Å². The van der Waals surface area contributed by atoms with E-state index >= 15 is 0 Å². The summed E-state index contributed by atoms with van der Waals surface area (Å²) in [6.45, 7) is 1.36. The van der Waals surface area contributed by atoms with Gasteiger partial charge < -0.3 is 15.1 Å². The van der Waals surface area contributed by atoms with Crippen LogP contribution in [0, 0.1) is 5.82 Å². The lowest BCUT2D eigenvalue weighted by Gasteiger charge is -2.14. The molecular formula is C16H18FN3O2. The normalized spacial score (nSPS) is 17.9. The number of rotatable bonds is 4. The van der Waals surface area contributed by atoms with Gasteiger partial charge in [-0.1, -0.05) is 0 Å². The fraction of sp³-hybridized carbons (Fsp3) is 0.375. The Kier molecular flexibility index (Phi) is 4.20. The van der Waals surface area contributed by atoms with Crippen molar-refractivity contribution in [3.63, 3.8) is 0 Å². The first kappa shape index (κ1) is 14.7. The van der Waals surface area contributed by atoms with E-state index < -0.39 is 0 Å². The van der Waals surface area contributed by atoms with Gasteiger partial charge in [0.2, 0.25) is 5.91 Å². The summed E-state index contributed by atoms with van der Waals surface area (Å²) in [6.07, 6.45) is 3.26. The van der Waals surface area contributed by atoms with Gasteiger partial charge in [-0.2, -0.15) is 0 Å². The Bertz CT molecular complexity index is 654. The van der Waals surface area contributed by atoms with Crippen LogP contribution in [0.4, 0.5) is 4.39 Å². The Morgan fingerprint density at radius 1 is 1.41 bits per heavy atom. The number of hydrogen-bond acceptors (Lipinski definition) is 4. The third kappa shape index (κ3) is 3.33. The van der Waals surface area contributed by atoms with E-state index in [0.29, 0.717) is 31.0 Å². The molecule has 22 heavy (non-hydrogen) atoms. The summed E-state index contributed by atoms with van der Waals surface area (Å²) >= 11 is 0. The predicted molar refractivity (Wildman–Crippen MR) is 79.4 cm³/mol. The van der Waals surface area contributed by atoms with E-state index in [1.807, 2.05) is 0 Å². The van der Waals surface area contributed by atoms with Gasteiger partial charge in [0.15, 0.2) is 11.7 Å². The number of amides is 1. The van der Waals surface area contributed by atoms with Gasteiger partial charge in [-0.3, -0.25) is 4.79 Å². The van der Waals surface area contributed by atoms with Gasteiger partial charge in [-0.25, -0.2) is 9.37 Å². The Morgan fingerprint density at radius 2 is 2.18 bits per heavy atom. The van der Waals surface area contributed by atoms with Crippen LogP contribution in [0.15, 0.2) is 34.9 Å². The molecule has 5 nitrogen and oxygen atoms in total. The summed E-state index contributed by atoms with van der Waals surface area (Å²) in [5.41, 5.74) is 6.56. The molecule has 2 heterocycles. The topological polar surface area (TPSA) is 72.4 Å². The number of benzene rings is 1. The molecule has 0 bridgehead atoms. The van der Waals surface area contributed by atoms with Crippen LogP contribution in [-0.2, 0) is 11.2 Å². The van der Waals surface area contributed by atoms with Crippen LogP contribution in [0.3, 0.4) is 0 Å².